The van der Waals surface area contributed by atoms with Gasteiger partial charge < -0.3 is 4.74 Å². The van der Waals surface area contributed by atoms with Crippen molar-refractivity contribution < 1.29 is 19.2 Å². The lowest BCUT2D eigenvalue weighted by Gasteiger charge is -2.13. The summed E-state index contributed by atoms with van der Waals surface area (Å²) in [6.07, 6.45) is 6.16. The maximum Gasteiger partial charge on any atom is 0.330 e. The van der Waals surface area contributed by atoms with Gasteiger partial charge in [0.25, 0.3) is 5.91 Å². The highest BCUT2D eigenvalue weighted by molar-refractivity contribution is 5.92. The van der Waals surface area contributed by atoms with Crippen LogP contribution in [0.25, 0.3) is 0 Å². The van der Waals surface area contributed by atoms with E-state index in [1.54, 1.807) is 13.0 Å². The molecule has 0 heterocycles. The third-order valence-corrected chi connectivity index (χ3v) is 2.22. The standard InChI is InChI=1S/C13H21NO4/c1-5-6-10-18-12(15)9-7-8-11(2)13(16)14(3)17-4/h7-9H,5-6,10H2,1-4H3/b9-7+,11-8-. The smallest absolute Gasteiger partial charge is 0.330 e. The number of esters is 1. The van der Waals surface area contributed by atoms with Crippen molar-refractivity contribution in [2.45, 2.75) is 26.7 Å². The van der Waals surface area contributed by atoms with Gasteiger partial charge >= 0.3 is 5.97 Å². The van der Waals surface area contributed by atoms with Gasteiger partial charge in [-0.25, -0.2) is 9.86 Å². The summed E-state index contributed by atoms with van der Waals surface area (Å²) in [5.74, 6) is -0.665. The van der Waals surface area contributed by atoms with Crippen molar-refractivity contribution in [2.75, 3.05) is 20.8 Å². The van der Waals surface area contributed by atoms with Gasteiger partial charge in [-0.2, -0.15) is 0 Å². The highest BCUT2D eigenvalue weighted by Gasteiger charge is 2.08. The third-order valence-electron chi connectivity index (χ3n) is 2.22. The Hall–Kier alpha value is -1.62. The molecule has 5 nitrogen and oxygen atoms in total. The van der Waals surface area contributed by atoms with Gasteiger partial charge in [-0.05, 0) is 13.3 Å². The van der Waals surface area contributed by atoms with Crippen molar-refractivity contribution in [3.63, 3.8) is 0 Å². The highest BCUT2D eigenvalue weighted by Crippen LogP contribution is 1.99. The largest absolute Gasteiger partial charge is 0.463 e. The molecule has 0 N–H and O–H groups in total. The molecule has 0 saturated heterocycles. The molecular weight excluding hydrogens is 234 g/mol. The molecule has 0 spiro atoms. The van der Waals surface area contributed by atoms with E-state index in [1.165, 1.54) is 26.3 Å². The second-order valence-electron chi connectivity index (χ2n) is 3.72. The summed E-state index contributed by atoms with van der Waals surface area (Å²) in [6, 6.07) is 0. The number of nitrogens with zero attached hydrogens (tertiary/aromatic N) is 1. The zero-order valence-corrected chi connectivity index (χ0v) is 11.4. The Labute approximate surface area is 108 Å². The lowest BCUT2D eigenvalue weighted by atomic mass is 10.2. The Morgan fingerprint density at radius 1 is 1.33 bits per heavy atom. The quantitative estimate of drug-likeness (QED) is 0.229. The molecule has 102 valence electrons. The first-order valence-corrected chi connectivity index (χ1v) is 5.86. The molecule has 0 aromatic heterocycles. The van der Waals surface area contributed by atoms with Gasteiger partial charge in [-0.3, -0.25) is 9.63 Å². The Balaban J connectivity index is 4.19. The molecule has 0 rings (SSSR count). The van der Waals surface area contributed by atoms with Crippen LogP contribution in [-0.4, -0.2) is 37.7 Å². The molecule has 0 aliphatic heterocycles. The third kappa shape index (κ3) is 6.85. The first-order valence-electron chi connectivity index (χ1n) is 5.86. The number of hydroxylamine groups is 2. The summed E-state index contributed by atoms with van der Waals surface area (Å²) in [7, 11) is 2.93. The SMILES string of the molecule is CCCCOC(=O)/C=C/C=C(/C)C(=O)N(C)OC. The number of hydrogen-bond donors (Lipinski definition) is 0. The van der Waals surface area contributed by atoms with Gasteiger partial charge in [0.05, 0.1) is 13.7 Å². The molecule has 0 atom stereocenters. The van der Waals surface area contributed by atoms with Crippen LogP contribution in [-0.2, 0) is 19.2 Å². The summed E-state index contributed by atoms with van der Waals surface area (Å²) in [6.45, 7) is 4.09. The van der Waals surface area contributed by atoms with E-state index in [9.17, 15) is 9.59 Å². The van der Waals surface area contributed by atoms with Crippen LogP contribution in [0, 0.1) is 0 Å². The minimum atomic E-state index is -0.403. The molecule has 18 heavy (non-hydrogen) atoms. The minimum absolute atomic E-state index is 0.262. The lowest BCUT2D eigenvalue weighted by molar-refractivity contribution is -0.163. The Morgan fingerprint density at radius 2 is 2.00 bits per heavy atom. The number of amides is 1. The van der Waals surface area contributed by atoms with Crippen molar-refractivity contribution in [1.29, 1.82) is 0 Å². The molecule has 0 unspecified atom stereocenters. The second kappa shape index (κ2) is 9.41. The molecule has 0 saturated carbocycles. The fourth-order valence-corrected chi connectivity index (χ4v) is 1.04. The molecule has 0 radical (unpaired) electrons. The summed E-state index contributed by atoms with van der Waals surface area (Å²) in [4.78, 5) is 27.5. The molecule has 0 fully saturated rings. The Morgan fingerprint density at radius 3 is 2.56 bits per heavy atom. The van der Waals surface area contributed by atoms with Crippen LogP contribution < -0.4 is 0 Å². The predicted molar refractivity (Wildman–Crippen MR) is 68.5 cm³/mol. The second-order valence-corrected chi connectivity index (χ2v) is 3.72. The molecule has 0 aromatic carbocycles. The number of rotatable bonds is 7. The fourth-order valence-electron chi connectivity index (χ4n) is 1.04. The van der Waals surface area contributed by atoms with Crippen LogP contribution in [0.3, 0.4) is 0 Å². The van der Waals surface area contributed by atoms with Crippen molar-refractivity contribution in [3.05, 3.63) is 23.8 Å². The first-order chi connectivity index (χ1) is 8.52. The fraction of sp³-hybridized carbons (Fsp3) is 0.538. The van der Waals surface area contributed by atoms with E-state index in [1.807, 2.05) is 6.92 Å². The normalized spacial score (nSPS) is 11.7. The van der Waals surface area contributed by atoms with Crippen LogP contribution in [0.5, 0.6) is 0 Å². The summed E-state index contributed by atoms with van der Waals surface area (Å²) >= 11 is 0. The number of allylic oxidation sites excluding steroid dienone is 2. The highest BCUT2D eigenvalue weighted by atomic mass is 16.7. The van der Waals surface area contributed by atoms with Crippen LogP contribution in [0.2, 0.25) is 0 Å². The Bertz CT molecular complexity index is 334. The van der Waals surface area contributed by atoms with Gasteiger partial charge in [0, 0.05) is 18.7 Å². The molecule has 5 heteroatoms. The van der Waals surface area contributed by atoms with E-state index >= 15 is 0 Å². The first kappa shape index (κ1) is 16.4. The number of likely N-dealkylation sites (N-methyl/N-ethyl adjacent to an activating group) is 1. The van der Waals surface area contributed by atoms with Gasteiger partial charge in [-0.15, -0.1) is 0 Å². The average Bonchev–Trinajstić information content (AvgIpc) is 2.37. The van der Waals surface area contributed by atoms with Crippen LogP contribution >= 0.6 is 0 Å². The van der Waals surface area contributed by atoms with Gasteiger partial charge in [0.1, 0.15) is 0 Å². The summed E-state index contributed by atoms with van der Waals surface area (Å²) < 4.78 is 4.92. The van der Waals surface area contributed by atoms with Gasteiger partial charge in [0.15, 0.2) is 0 Å². The van der Waals surface area contributed by atoms with Crippen molar-refractivity contribution >= 4 is 11.9 Å². The maximum absolute atomic E-state index is 11.5. The lowest BCUT2D eigenvalue weighted by Crippen LogP contribution is -2.25. The monoisotopic (exact) mass is 255 g/mol. The number of carbonyl (C=O) groups is 2. The number of ether oxygens (including phenoxy) is 1. The van der Waals surface area contributed by atoms with Crippen LogP contribution in [0.4, 0.5) is 0 Å². The number of unbranched alkanes of at least 4 members (excludes halogenated alkanes) is 1. The van der Waals surface area contributed by atoms with Gasteiger partial charge in [-0.1, -0.05) is 25.5 Å². The van der Waals surface area contributed by atoms with E-state index in [0.29, 0.717) is 12.2 Å². The number of hydrogen-bond acceptors (Lipinski definition) is 4. The topological polar surface area (TPSA) is 55.8 Å². The van der Waals surface area contributed by atoms with E-state index in [4.69, 9.17) is 9.57 Å². The molecule has 0 bridgehead atoms. The molecule has 1 amide bonds. The average molecular weight is 255 g/mol. The summed E-state index contributed by atoms with van der Waals surface area (Å²) in [5, 5.41) is 1.11. The van der Waals surface area contributed by atoms with Gasteiger partial charge in [0.2, 0.25) is 0 Å². The Kier molecular flexibility index (Phi) is 8.57. The summed E-state index contributed by atoms with van der Waals surface area (Å²) in [5.41, 5.74) is 0.469. The predicted octanol–water partition coefficient (Wildman–Crippen LogP) is 1.85. The zero-order chi connectivity index (χ0) is 14.0. The van der Waals surface area contributed by atoms with Crippen molar-refractivity contribution in [2.24, 2.45) is 0 Å². The van der Waals surface area contributed by atoms with E-state index < -0.39 is 5.97 Å². The van der Waals surface area contributed by atoms with Crippen molar-refractivity contribution in [1.82, 2.24) is 5.06 Å². The zero-order valence-electron chi connectivity index (χ0n) is 11.4. The molecular formula is C13H21NO4. The number of carbonyl (C=O) groups excluding carboxylic acids is 2. The molecule has 0 aromatic rings. The molecule has 0 aliphatic carbocycles. The molecule has 0 aliphatic rings. The minimum Gasteiger partial charge on any atom is -0.463 e. The van der Waals surface area contributed by atoms with Crippen LogP contribution in [0.15, 0.2) is 23.8 Å². The maximum atomic E-state index is 11.5. The van der Waals surface area contributed by atoms with Crippen molar-refractivity contribution in [3.8, 4) is 0 Å². The van der Waals surface area contributed by atoms with E-state index in [2.05, 4.69) is 0 Å². The van der Waals surface area contributed by atoms with E-state index in [0.717, 1.165) is 17.9 Å². The van der Waals surface area contributed by atoms with E-state index in [-0.39, 0.29) is 5.91 Å². The van der Waals surface area contributed by atoms with Crippen LogP contribution in [0.1, 0.15) is 26.7 Å².